The molecule has 4 nitrogen and oxygen atoms in total. The largest absolute Gasteiger partial charge is 0.335 e. The van der Waals surface area contributed by atoms with Crippen LogP contribution in [0.4, 0.5) is 0 Å². The lowest BCUT2D eigenvalue weighted by molar-refractivity contribution is -0.136. The van der Waals surface area contributed by atoms with Crippen LogP contribution >= 0.6 is 0 Å². The van der Waals surface area contributed by atoms with E-state index in [4.69, 9.17) is 5.73 Å². The Morgan fingerprint density at radius 3 is 1.94 bits per heavy atom. The molecule has 1 heterocycles. The van der Waals surface area contributed by atoms with Gasteiger partial charge in [0, 0.05) is 25.2 Å². The Labute approximate surface area is 185 Å². The van der Waals surface area contributed by atoms with Gasteiger partial charge in [-0.3, -0.25) is 4.79 Å². The molecule has 0 saturated carbocycles. The predicted molar refractivity (Wildman–Crippen MR) is 126 cm³/mol. The fraction of sp³-hybridized carbons (Fsp3) is 0.296. The molecule has 4 rings (SSSR count). The number of rotatable bonds is 7. The molecule has 3 aromatic rings. The van der Waals surface area contributed by atoms with Crippen molar-refractivity contribution in [1.29, 1.82) is 0 Å². The van der Waals surface area contributed by atoms with Crippen LogP contribution in [0.5, 0.6) is 0 Å². The Morgan fingerprint density at radius 1 is 0.839 bits per heavy atom. The average molecular weight is 414 g/mol. The van der Waals surface area contributed by atoms with Crippen LogP contribution in [0.3, 0.4) is 0 Å². The van der Waals surface area contributed by atoms with Crippen LogP contribution < -0.4 is 11.1 Å². The van der Waals surface area contributed by atoms with Crippen LogP contribution in [-0.2, 0) is 24.1 Å². The molecule has 1 fully saturated rings. The lowest BCUT2D eigenvalue weighted by atomic mass is 9.96. The Kier molecular flexibility index (Phi) is 7.13. The van der Waals surface area contributed by atoms with E-state index in [1.54, 1.807) is 0 Å². The zero-order valence-electron chi connectivity index (χ0n) is 17.9. The SMILES string of the molecule is NC(Cc1ccccc1)C(=O)N1C[C@H](Cc2ccccc2)NC[C@H]1Cc1ccccc1. The fourth-order valence-electron chi connectivity index (χ4n) is 4.41. The van der Waals surface area contributed by atoms with Crippen molar-refractivity contribution in [3.63, 3.8) is 0 Å². The highest BCUT2D eigenvalue weighted by molar-refractivity contribution is 5.82. The molecule has 1 aliphatic heterocycles. The molecule has 3 aromatic carbocycles. The van der Waals surface area contributed by atoms with Crippen LogP contribution in [0.1, 0.15) is 16.7 Å². The highest BCUT2D eigenvalue weighted by atomic mass is 16.2. The maximum atomic E-state index is 13.5. The van der Waals surface area contributed by atoms with Crippen molar-refractivity contribution < 1.29 is 4.79 Å². The van der Waals surface area contributed by atoms with Crippen molar-refractivity contribution in [1.82, 2.24) is 10.2 Å². The molecule has 1 unspecified atom stereocenters. The molecule has 3 N–H and O–H groups in total. The number of amides is 1. The molecule has 0 spiro atoms. The minimum absolute atomic E-state index is 0.0457. The lowest BCUT2D eigenvalue weighted by Crippen LogP contribution is -2.62. The molecule has 160 valence electrons. The van der Waals surface area contributed by atoms with Gasteiger partial charge in [-0.1, -0.05) is 91.0 Å². The van der Waals surface area contributed by atoms with Crippen molar-refractivity contribution in [3.05, 3.63) is 108 Å². The van der Waals surface area contributed by atoms with E-state index in [1.807, 2.05) is 47.4 Å². The van der Waals surface area contributed by atoms with Gasteiger partial charge in [0.25, 0.3) is 0 Å². The van der Waals surface area contributed by atoms with Gasteiger partial charge in [-0.15, -0.1) is 0 Å². The summed E-state index contributed by atoms with van der Waals surface area (Å²) < 4.78 is 0. The zero-order valence-corrected chi connectivity index (χ0v) is 17.9. The van der Waals surface area contributed by atoms with Crippen LogP contribution in [0.2, 0.25) is 0 Å². The lowest BCUT2D eigenvalue weighted by Gasteiger charge is -2.42. The van der Waals surface area contributed by atoms with Gasteiger partial charge in [-0.25, -0.2) is 0 Å². The van der Waals surface area contributed by atoms with Crippen molar-refractivity contribution in [3.8, 4) is 0 Å². The van der Waals surface area contributed by atoms with Crippen LogP contribution in [-0.4, -0.2) is 42.0 Å². The molecule has 1 aliphatic rings. The van der Waals surface area contributed by atoms with Gasteiger partial charge in [0.15, 0.2) is 0 Å². The smallest absolute Gasteiger partial charge is 0.240 e. The molecule has 1 saturated heterocycles. The summed E-state index contributed by atoms with van der Waals surface area (Å²) in [5.74, 6) is 0.0457. The molecule has 0 radical (unpaired) electrons. The number of benzene rings is 3. The van der Waals surface area contributed by atoms with Crippen LogP contribution in [0, 0.1) is 0 Å². The zero-order chi connectivity index (χ0) is 21.5. The number of carbonyl (C=O) groups is 1. The van der Waals surface area contributed by atoms with E-state index in [1.165, 1.54) is 11.1 Å². The van der Waals surface area contributed by atoms with Crippen molar-refractivity contribution in [2.24, 2.45) is 5.73 Å². The fourth-order valence-corrected chi connectivity index (χ4v) is 4.41. The first-order chi connectivity index (χ1) is 15.2. The molecule has 31 heavy (non-hydrogen) atoms. The normalized spacial score (nSPS) is 19.7. The minimum atomic E-state index is -0.531. The Morgan fingerprint density at radius 2 is 1.35 bits per heavy atom. The van der Waals surface area contributed by atoms with E-state index in [9.17, 15) is 4.79 Å². The molecule has 0 aliphatic carbocycles. The first-order valence-corrected chi connectivity index (χ1v) is 11.1. The first kappa shape index (κ1) is 21.3. The highest BCUT2D eigenvalue weighted by Gasteiger charge is 2.33. The molecule has 3 atom stereocenters. The summed E-state index contributed by atoms with van der Waals surface area (Å²) in [5.41, 5.74) is 10.0. The molecule has 0 aromatic heterocycles. The third kappa shape index (κ3) is 5.81. The van der Waals surface area contributed by atoms with E-state index in [-0.39, 0.29) is 18.0 Å². The summed E-state index contributed by atoms with van der Waals surface area (Å²) in [7, 11) is 0. The number of nitrogens with one attached hydrogen (secondary N) is 1. The number of nitrogens with zero attached hydrogens (tertiary/aromatic N) is 1. The van der Waals surface area contributed by atoms with Gasteiger partial charge < -0.3 is 16.0 Å². The van der Waals surface area contributed by atoms with Gasteiger partial charge in [0.2, 0.25) is 5.91 Å². The van der Waals surface area contributed by atoms with E-state index in [0.29, 0.717) is 13.0 Å². The topological polar surface area (TPSA) is 58.4 Å². The third-order valence-corrected chi connectivity index (χ3v) is 6.04. The van der Waals surface area contributed by atoms with Gasteiger partial charge >= 0.3 is 0 Å². The van der Waals surface area contributed by atoms with Crippen LogP contribution in [0.25, 0.3) is 0 Å². The van der Waals surface area contributed by atoms with E-state index >= 15 is 0 Å². The third-order valence-electron chi connectivity index (χ3n) is 6.04. The maximum absolute atomic E-state index is 13.5. The summed E-state index contributed by atoms with van der Waals surface area (Å²) in [6.45, 7) is 1.45. The second-order valence-corrected chi connectivity index (χ2v) is 8.43. The number of hydrogen-bond acceptors (Lipinski definition) is 3. The van der Waals surface area contributed by atoms with Crippen molar-refractivity contribution >= 4 is 5.91 Å². The molecular weight excluding hydrogens is 382 g/mol. The Bertz CT molecular complexity index is 946. The molecule has 4 heteroatoms. The number of hydrogen-bond donors (Lipinski definition) is 2. The summed E-state index contributed by atoms with van der Waals surface area (Å²) >= 11 is 0. The van der Waals surface area contributed by atoms with E-state index in [2.05, 4.69) is 53.8 Å². The van der Waals surface area contributed by atoms with Gasteiger partial charge in [-0.05, 0) is 36.0 Å². The minimum Gasteiger partial charge on any atom is -0.335 e. The number of nitrogens with two attached hydrogens (primary N) is 1. The molecule has 0 bridgehead atoms. The quantitative estimate of drug-likeness (QED) is 0.625. The predicted octanol–water partition coefficient (Wildman–Crippen LogP) is 3.21. The van der Waals surface area contributed by atoms with Crippen molar-refractivity contribution in [2.75, 3.05) is 13.1 Å². The monoisotopic (exact) mass is 413 g/mol. The second kappa shape index (κ2) is 10.4. The van der Waals surface area contributed by atoms with Gasteiger partial charge in [0.05, 0.1) is 6.04 Å². The standard InChI is InChI=1S/C27H31N3O/c28-26(18-23-14-8-3-9-15-23)27(31)30-20-24(16-21-10-4-1-5-11-21)29-19-25(30)17-22-12-6-2-7-13-22/h1-15,24-26,29H,16-20,28H2/t24-,25+,26?/m0/s1. The van der Waals surface area contributed by atoms with E-state index < -0.39 is 6.04 Å². The summed E-state index contributed by atoms with van der Waals surface area (Å²) in [6, 6.07) is 30.7. The van der Waals surface area contributed by atoms with Gasteiger partial charge in [-0.2, -0.15) is 0 Å². The maximum Gasteiger partial charge on any atom is 0.240 e. The Balaban J connectivity index is 1.49. The highest BCUT2D eigenvalue weighted by Crippen LogP contribution is 2.17. The van der Waals surface area contributed by atoms with Gasteiger partial charge in [0.1, 0.15) is 0 Å². The number of carbonyl (C=O) groups excluding carboxylic acids is 1. The average Bonchev–Trinajstić information content (AvgIpc) is 2.81. The number of piperazine rings is 1. The summed E-state index contributed by atoms with van der Waals surface area (Å²) in [4.78, 5) is 15.5. The molecule has 1 amide bonds. The first-order valence-electron chi connectivity index (χ1n) is 11.1. The second-order valence-electron chi connectivity index (χ2n) is 8.43. The van der Waals surface area contributed by atoms with E-state index in [0.717, 1.165) is 24.9 Å². The summed E-state index contributed by atoms with van der Waals surface area (Å²) in [5, 5.41) is 3.68. The van der Waals surface area contributed by atoms with Crippen molar-refractivity contribution in [2.45, 2.75) is 37.4 Å². The summed E-state index contributed by atoms with van der Waals surface area (Å²) in [6.07, 6.45) is 2.29. The molecular formula is C27H31N3O. The Hall–Kier alpha value is -2.95. The van der Waals surface area contributed by atoms with Crippen LogP contribution in [0.15, 0.2) is 91.0 Å².